The molecular formula is C21H13ClN2O4S. The van der Waals surface area contributed by atoms with E-state index in [0.717, 1.165) is 11.8 Å². The highest BCUT2D eigenvalue weighted by Gasteiger charge is 2.33. The molecule has 1 aliphatic rings. The monoisotopic (exact) mass is 424 g/mol. The zero-order chi connectivity index (χ0) is 20.5. The van der Waals surface area contributed by atoms with Crippen molar-refractivity contribution in [1.29, 1.82) is 5.41 Å². The third-order valence-corrected chi connectivity index (χ3v) is 5.37. The van der Waals surface area contributed by atoms with Crippen molar-refractivity contribution >= 4 is 52.2 Å². The molecule has 1 fully saturated rings. The number of nitrogens with zero attached hydrogens (tertiary/aromatic N) is 1. The van der Waals surface area contributed by atoms with E-state index in [1.165, 1.54) is 11.0 Å². The molecule has 0 atom stereocenters. The molecule has 2 N–H and O–H groups in total. The molecule has 0 aliphatic carbocycles. The van der Waals surface area contributed by atoms with Gasteiger partial charge in [0.1, 0.15) is 11.5 Å². The van der Waals surface area contributed by atoms with Crippen LogP contribution in [-0.2, 0) is 4.79 Å². The minimum atomic E-state index is -1.05. The van der Waals surface area contributed by atoms with Crippen LogP contribution < -0.4 is 4.90 Å². The number of halogens is 1. The molecule has 4 rings (SSSR count). The third kappa shape index (κ3) is 3.70. The summed E-state index contributed by atoms with van der Waals surface area (Å²) in [6.07, 6.45) is 1.55. The Kier molecular flexibility index (Phi) is 5.00. The Bertz CT molecular complexity index is 1170. The Morgan fingerprint density at radius 3 is 2.55 bits per heavy atom. The molecule has 2 aromatic carbocycles. The van der Waals surface area contributed by atoms with E-state index in [2.05, 4.69) is 0 Å². The molecule has 1 aromatic heterocycles. The van der Waals surface area contributed by atoms with Crippen LogP contribution in [0.4, 0.5) is 5.69 Å². The summed E-state index contributed by atoms with van der Waals surface area (Å²) in [4.78, 5) is 25.8. The van der Waals surface area contributed by atoms with Gasteiger partial charge in [0.25, 0.3) is 5.91 Å². The summed E-state index contributed by atoms with van der Waals surface area (Å²) in [5, 5.41) is 18.1. The lowest BCUT2D eigenvalue weighted by Gasteiger charge is -2.14. The fourth-order valence-electron chi connectivity index (χ4n) is 2.90. The largest absolute Gasteiger partial charge is 0.478 e. The SMILES string of the molecule is N=C1SC(=Cc2ccc(-c3ccccc3C(=O)O)o2)C(=O)N1c1ccc(Cl)cc1. The van der Waals surface area contributed by atoms with Crippen LogP contribution in [-0.4, -0.2) is 22.2 Å². The maximum absolute atomic E-state index is 12.8. The molecule has 6 nitrogen and oxygen atoms in total. The number of aromatic carboxylic acids is 1. The van der Waals surface area contributed by atoms with Crippen molar-refractivity contribution in [2.24, 2.45) is 0 Å². The zero-order valence-electron chi connectivity index (χ0n) is 14.8. The van der Waals surface area contributed by atoms with Crippen LogP contribution >= 0.6 is 23.4 Å². The summed E-state index contributed by atoms with van der Waals surface area (Å²) in [7, 11) is 0. The quantitative estimate of drug-likeness (QED) is 0.550. The number of rotatable bonds is 4. The zero-order valence-corrected chi connectivity index (χ0v) is 16.3. The molecule has 8 heteroatoms. The number of hydrogen-bond acceptors (Lipinski definition) is 5. The smallest absolute Gasteiger partial charge is 0.336 e. The van der Waals surface area contributed by atoms with Crippen molar-refractivity contribution in [3.63, 3.8) is 0 Å². The van der Waals surface area contributed by atoms with Crippen molar-refractivity contribution < 1.29 is 19.1 Å². The van der Waals surface area contributed by atoms with Gasteiger partial charge in [-0.15, -0.1) is 0 Å². The van der Waals surface area contributed by atoms with Crippen LogP contribution in [0.2, 0.25) is 5.02 Å². The van der Waals surface area contributed by atoms with E-state index >= 15 is 0 Å². The number of carboxylic acid groups (broad SMARTS) is 1. The Morgan fingerprint density at radius 2 is 1.83 bits per heavy atom. The van der Waals surface area contributed by atoms with Gasteiger partial charge < -0.3 is 9.52 Å². The Balaban J connectivity index is 1.63. The third-order valence-electron chi connectivity index (χ3n) is 4.23. The van der Waals surface area contributed by atoms with Crippen LogP contribution in [0.15, 0.2) is 70.0 Å². The lowest BCUT2D eigenvalue weighted by Crippen LogP contribution is -2.27. The van der Waals surface area contributed by atoms with Crippen molar-refractivity contribution in [3.8, 4) is 11.3 Å². The number of carbonyl (C=O) groups excluding carboxylic acids is 1. The topological polar surface area (TPSA) is 94.6 Å². The number of nitrogens with one attached hydrogen (secondary N) is 1. The summed E-state index contributed by atoms with van der Waals surface area (Å²) < 4.78 is 5.75. The average Bonchev–Trinajstić information content (AvgIpc) is 3.27. The fourth-order valence-corrected chi connectivity index (χ4v) is 3.87. The van der Waals surface area contributed by atoms with E-state index in [-0.39, 0.29) is 16.6 Å². The van der Waals surface area contributed by atoms with Gasteiger partial charge in [0.2, 0.25) is 0 Å². The molecular weight excluding hydrogens is 412 g/mol. The van der Waals surface area contributed by atoms with Gasteiger partial charge in [-0.2, -0.15) is 0 Å². The molecule has 0 radical (unpaired) electrons. The number of amidine groups is 1. The predicted octanol–water partition coefficient (Wildman–Crippen LogP) is 5.35. The van der Waals surface area contributed by atoms with Gasteiger partial charge >= 0.3 is 5.97 Å². The van der Waals surface area contributed by atoms with Crippen LogP contribution in [0, 0.1) is 5.41 Å². The van der Waals surface area contributed by atoms with Crippen LogP contribution in [0.5, 0.6) is 0 Å². The van der Waals surface area contributed by atoms with Crippen molar-refractivity contribution in [3.05, 3.63) is 81.9 Å². The first-order chi connectivity index (χ1) is 13.9. The first-order valence-electron chi connectivity index (χ1n) is 8.44. The molecule has 1 aliphatic heterocycles. The molecule has 0 spiro atoms. The molecule has 29 heavy (non-hydrogen) atoms. The molecule has 144 valence electrons. The Hall–Kier alpha value is -3.29. The van der Waals surface area contributed by atoms with E-state index in [1.807, 2.05) is 0 Å². The van der Waals surface area contributed by atoms with E-state index in [4.69, 9.17) is 21.4 Å². The number of carbonyl (C=O) groups is 2. The maximum atomic E-state index is 12.8. The average molecular weight is 425 g/mol. The van der Waals surface area contributed by atoms with Gasteiger partial charge in [-0.25, -0.2) is 4.79 Å². The van der Waals surface area contributed by atoms with E-state index in [0.29, 0.717) is 32.7 Å². The molecule has 1 amide bonds. The maximum Gasteiger partial charge on any atom is 0.336 e. The normalized spacial score (nSPS) is 15.3. The van der Waals surface area contributed by atoms with E-state index < -0.39 is 5.97 Å². The number of furan rings is 1. The standard InChI is InChI=1S/C21H13ClN2O4S/c22-12-5-7-13(8-6-12)24-19(25)18(29-21(24)23)11-14-9-10-17(28-14)15-3-1-2-4-16(15)20(26)27/h1-11,23H,(H,26,27). The number of benzene rings is 2. The van der Waals surface area contributed by atoms with Crippen molar-refractivity contribution in [2.75, 3.05) is 4.90 Å². The number of hydrogen-bond donors (Lipinski definition) is 2. The van der Waals surface area contributed by atoms with Crippen LogP contribution in [0.1, 0.15) is 16.1 Å². The van der Waals surface area contributed by atoms with Gasteiger partial charge in [0, 0.05) is 16.7 Å². The minimum absolute atomic E-state index is 0.0755. The van der Waals surface area contributed by atoms with Gasteiger partial charge in [-0.3, -0.25) is 15.1 Å². The van der Waals surface area contributed by atoms with E-state index in [9.17, 15) is 14.7 Å². The van der Waals surface area contributed by atoms with Crippen LogP contribution in [0.25, 0.3) is 17.4 Å². The van der Waals surface area contributed by atoms with Crippen molar-refractivity contribution in [1.82, 2.24) is 0 Å². The number of anilines is 1. The summed E-state index contributed by atoms with van der Waals surface area (Å²) in [5.74, 6) is -0.617. The Morgan fingerprint density at radius 1 is 1.10 bits per heavy atom. The highest BCUT2D eigenvalue weighted by atomic mass is 35.5. The lowest BCUT2D eigenvalue weighted by molar-refractivity contribution is -0.113. The first-order valence-corrected chi connectivity index (χ1v) is 9.64. The van der Waals surface area contributed by atoms with E-state index in [1.54, 1.807) is 60.7 Å². The van der Waals surface area contributed by atoms with Crippen LogP contribution in [0.3, 0.4) is 0 Å². The van der Waals surface area contributed by atoms with Crippen molar-refractivity contribution in [2.45, 2.75) is 0 Å². The highest BCUT2D eigenvalue weighted by Crippen LogP contribution is 2.36. The first kappa shape index (κ1) is 19.0. The molecule has 0 saturated carbocycles. The number of thioether (sulfide) groups is 1. The second-order valence-electron chi connectivity index (χ2n) is 6.09. The van der Waals surface area contributed by atoms with Gasteiger partial charge in [-0.1, -0.05) is 29.8 Å². The van der Waals surface area contributed by atoms with Gasteiger partial charge in [-0.05, 0) is 54.2 Å². The Labute approximate surface area is 174 Å². The molecule has 2 heterocycles. The fraction of sp³-hybridized carbons (Fsp3) is 0. The van der Waals surface area contributed by atoms with Gasteiger partial charge in [0.05, 0.1) is 16.2 Å². The molecule has 3 aromatic rings. The lowest BCUT2D eigenvalue weighted by atomic mass is 10.1. The summed E-state index contributed by atoms with van der Waals surface area (Å²) in [5.41, 5.74) is 1.13. The number of amides is 1. The minimum Gasteiger partial charge on any atom is -0.478 e. The highest BCUT2D eigenvalue weighted by molar-refractivity contribution is 8.19. The number of carboxylic acids is 1. The van der Waals surface area contributed by atoms with Gasteiger partial charge in [0.15, 0.2) is 5.17 Å². The predicted molar refractivity (Wildman–Crippen MR) is 113 cm³/mol. The summed E-state index contributed by atoms with van der Waals surface area (Å²) >= 11 is 6.91. The molecule has 0 unspecified atom stereocenters. The molecule has 0 bridgehead atoms. The second kappa shape index (κ2) is 7.62. The second-order valence-corrected chi connectivity index (χ2v) is 7.55. The molecule has 1 saturated heterocycles. The summed E-state index contributed by atoms with van der Waals surface area (Å²) in [6.45, 7) is 0. The summed E-state index contributed by atoms with van der Waals surface area (Å²) in [6, 6.07) is 16.5.